The van der Waals surface area contributed by atoms with Gasteiger partial charge in [-0.3, -0.25) is 4.79 Å². The average molecular weight is 298 g/mol. The lowest BCUT2D eigenvalue weighted by atomic mass is 9.80. The Morgan fingerprint density at radius 3 is 2.27 bits per heavy atom. The molecule has 22 heavy (non-hydrogen) atoms. The van der Waals surface area contributed by atoms with E-state index in [4.69, 9.17) is 15.8 Å². The molecule has 0 aliphatic rings. The standard InChI is InChI=1S/C16H19BN2O3/c18-15(10-12-6-8-14(9-7-12)17(21)22)16(20)19-11-13-4-2-1-3-5-13/h1-9,15,21-22H,10-11,18H2,(H,19,20)/t15-/m0/s1. The Bertz CT molecular complexity index is 603. The fraction of sp³-hybridized carbons (Fsp3) is 0.188. The summed E-state index contributed by atoms with van der Waals surface area (Å²) in [5.41, 5.74) is 8.19. The van der Waals surface area contributed by atoms with E-state index < -0.39 is 13.2 Å². The third kappa shape index (κ3) is 4.70. The topological polar surface area (TPSA) is 95.6 Å². The number of hydrogen-bond acceptors (Lipinski definition) is 4. The largest absolute Gasteiger partial charge is 0.488 e. The Morgan fingerprint density at radius 1 is 1.05 bits per heavy atom. The zero-order valence-corrected chi connectivity index (χ0v) is 12.1. The molecular weight excluding hydrogens is 279 g/mol. The Labute approximate surface area is 129 Å². The lowest BCUT2D eigenvalue weighted by Crippen LogP contribution is -2.41. The minimum Gasteiger partial charge on any atom is -0.423 e. The van der Waals surface area contributed by atoms with Crippen molar-refractivity contribution in [2.75, 3.05) is 0 Å². The second-order valence-electron chi connectivity index (χ2n) is 5.13. The number of hydrogen-bond donors (Lipinski definition) is 4. The van der Waals surface area contributed by atoms with Crippen molar-refractivity contribution in [1.82, 2.24) is 5.32 Å². The molecular formula is C16H19BN2O3. The number of rotatable bonds is 6. The molecule has 0 unspecified atom stereocenters. The Kier molecular flexibility index (Phi) is 5.71. The predicted molar refractivity (Wildman–Crippen MR) is 86.2 cm³/mol. The van der Waals surface area contributed by atoms with Crippen LogP contribution in [0.3, 0.4) is 0 Å². The minimum atomic E-state index is -1.49. The summed E-state index contributed by atoms with van der Waals surface area (Å²) < 4.78 is 0. The molecule has 2 rings (SSSR count). The molecule has 6 heteroatoms. The van der Waals surface area contributed by atoms with Crippen LogP contribution in [0.25, 0.3) is 0 Å². The van der Waals surface area contributed by atoms with Crippen LogP contribution in [0.5, 0.6) is 0 Å². The predicted octanol–water partition coefficient (Wildman–Crippen LogP) is -0.447. The smallest absolute Gasteiger partial charge is 0.423 e. The van der Waals surface area contributed by atoms with Gasteiger partial charge in [-0.05, 0) is 23.0 Å². The maximum absolute atomic E-state index is 12.0. The molecule has 0 saturated heterocycles. The van der Waals surface area contributed by atoms with E-state index in [-0.39, 0.29) is 5.91 Å². The summed E-state index contributed by atoms with van der Waals surface area (Å²) in [4.78, 5) is 12.0. The quantitative estimate of drug-likeness (QED) is 0.543. The van der Waals surface area contributed by atoms with Gasteiger partial charge in [0.05, 0.1) is 6.04 Å². The van der Waals surface area contributed by atoms with Crippen molar-refractivity contribution in [3.63, 3.8) is 0 Å². The van der Waals surface area contributed by atoms with Crippen LogP contribution < -0.4 is 16.5 Å². The van der Waals surface area contributed by atoms with Crippen molar-refractivity contribution in [1.29, 1.82) is 0 Å². The van der Waals surface area contributed by atoms with Gasteiger partial charge in [0.25, 0.3) is 0 Å². The van der Waals surface area contributed by atoms with Gasteiger partial charge in [0.2, 0.25) is 5.91 Å². The summed E-state index contributed by atoms with van der Waals surface area (Å²) in [7, 11) is -1.49. The monoisotopic (exact) mass is 298 g/mol. The third-order valence-corrected chi connectivity index (χ3v) is 3.38. The lowest BCUT2D eigenvalue weighted by molar-refractivity contribution is -0.122. The molecule has 114 valence electrons. The van der Waals surface area contributed by atoms with Gasteiger partial charge in [0, 0.05) is 6.54 Å². The molecule has 0 saturated carbocycles. The Balaban J connectivity index is 1.85. The third-order valence-electron chi connectivity index (χ3n) is 3.38. The normalized spacial score (nSPS) is 11.8. The van der Waals surface area contributed by atoms with Crippen LogP contribution in [0.4, 0.5) is 0 Å². The first-order valence-corrected chi connectivity index (χ1v) is 7.08. The Hall–Kier alpha value is -2.15. The van der Waals surface area contributed by atoms with Crippen LogP contribution in [0.2, 0.25) is 0 Å². The fourth-order valence-corrected chi connectivity index (χ4v) is 2.09. The fourth-order valence-electron chi connectivity index (χ4n) is 2.09. The summed E-state index contributed by atoms with van der Waals surface area (Å²) in [6, 6.07) is 15.7. The van der Waals surface area contributed by atoms with E-state index in [0.717, 1.165) is 11.1 Å². The lowest BCUT2D eigenvalue weighted by Gasteiger charge is -2.13. The molecule has 0 aliphatic carbocycles. The highest BCUT2D eigenvalue weighted by molar-refractivity contribution is 6.58. The van der Waals surface area contributed by atoms with Crippen molar-refractivity contribution in [2.45, 2.75) is 19.0 Å². The Morgan fingerprint density at radius 2 is 1.68 bits per heavy atom. The number of amides is 1. The first-order valence-electron chi connectivity index (χ1n) is 7.08. The molecule has 0 fully saturated rings. The van der Waals surface area contributed by atoms with Gasteiger partial charge in [-0.25, -0.2) is 0 Å². The van der Waals surface area contributed by atoms with E-state index in [0.29, 0.717) is 18.4 Å². The zero-order chi connectivity index (χ0) is 15.9. The van der Waals surface area contributed by atoms with Crippen LogP contribution in [-0.2, 0) is 17.8 Å². The molecule has 1 atom stereocenters. The van der Waals surface area contributed by atoms with Gasteiger partial charge < -0.3 is 21.1 Å². The number of nitrogens with one attached hydrogen (secondary N) is 1. The van der Waals surface area contributed by atoms with Gasteiger partial charge in [0.15, 0.2) is 0 Å². The van der Waals surface area contributed by atoms with E-state index in [1.54, 1.807) is 24.3 Å². The molecule has 5 N–H and O–H groups in total. The van der Waals surface area contributed by atoms with Crippen molar-refractivity contribution in [2.24, 2.45) is 5.73 Å². The highest BCUT2D eigenvalue weighted by atomic mass is 16.4. The SMILES string of the molecule is N[C@@H](Cc1ccc(B(O)O)cc1)C(=O)NCc1ccccc1. The second-order valence-corrected chi connectivity index (χ2v) is 5.13. The molecule has 0 aromatic heterocycles. The van der Waals surface area contributed by atoms with Crippen LogP contribution in [0.1, 0.15) is 11.1 Å². The highest BCUT2D eigenvalue weighted by Crippen LogP contribution is 2.02. The molecule has 5 nitrogen and oxygen atoms in total. The average Bonchev–Trinajstić information content (AvgIpc) is 2.54. The number of carbonyl (C=O) groups is 1. The van der Waals surface area contributed by atoms with Gasteiger partial charge in [-0.1, -0.05) is 54.6 Å². The van der Waals surface area contributed by atoms with Crippen LogP contribution in [0, 0.1) is 0 Å². The van der Waals surface area contributed by atoms with E-state index >= 15 is 0 Å². The van der Waals surface area contributed by atoms with Crippen molar-refractivity contribution in [3.8, 4) is 0 Å². The minimum absolute atomic E-state index is 0.213. The van der Waals surface area contributed by atoms with Gasteiger partial charge >= 0.3 is 7.12 Å². The van der Waals surface area contributed by atoms with Crippen LogP contribution in [-0.4, -0.2) is 29.1 Å². The van der Waals surface area contributed by atoms with E-state index in [2.05, 4.69) is 5.32 Å². The number of nitrogens with two attached hydrogens (primary N) is 1. The van der Waals surface area contributed by atoms with Crippen molar-refractivity contribution >= 4 is 18.5 Å². The van der Waals surface area contributed by atoms with Crippen molar-refractivity contribution in [3.05, 3.63) is 65.7 Å². The van der Waals surface area contributed by atoms with Gasteiger partial charge in [-0.15, -0.1) is 0 Å². The summed E-state index contributed by atoms with van der Waals surface area (Å²) in [5, 5.41) is 20.9. The molecule has 0 bridgehead atoms. The molecule has 0 spiro atoms. The van der Waals surface area contributed by atoms with Crippen molar-refractivity contribution < 1.29 is 14.8 Å². The second kappa shape index (κ2) is 7.75. The highest BCUT2D eigenvalue weighted by Gasteiger charge is 2.15. The first-order chi connectivity index (χ1) is 10.6. The summed E-state index contributed by atoms with van der Waals surface area (Å²) in [6.45, 7) is 0.447. The van der Waals surface area contributed by atoms with E-state index in [9.17, 15) is 4.79 Å². The van der Waals surface area contributed by atoms with Crippen LogP contribution in [0.15, 0.2) is 54.6 Å². The van der Waals surface area contributed by atoms with E-state index in [1.165, 1.54) is 0 Å². The molecule has 0 heterocycles. The molecule has 0 aliphatic heterocycles. The molecule has 0 radical (unpaired) electrons. The zero-order valence-electron chi connectivity index (χ0n) is 12.1. The van der Waals surface area contributed by atoms with Crippen LogP contribution >= 0.6 is 0 Å². The number of carbonyl (C=O) groups excluding carboxylic acids is 1. The maximum atomic E-state index is 12.0. The number of benzene rings is 2. The first kappa shape index (κ1) is 16.2. The summed E-state index contributed by atoms with van der Waals surface area (Å²) >= 11 is 0. The molecule has 1 amide bonds. The van der Waals surface area contributed by atoms with Gasteiger partial charge in [-0.2, -0.15) is 0 Å². The summed E-state index contributed by atoms with van der Waals surface area (Å²) in [6.07, 6.45) is 0.391. The summed E-state index contributed by atoms with van der Waals surface area (Å²) in [5.74, 6) is -0.213. The van der Waals surface area contributed by atoms with E-state index in [1.807, 2.05) is 30.3 Å². The van der Waals surface area contributed by atoms with Gasteiger partial charge in [0.1, 0.15) is 0 Å². The molecule has 2 aromatic carbocycles. The molecule has 2 aromatic rings. The maximum Gasteiger partial charge on any atom is 0.488 e.